The Hall–Kier alpha value is -2.05. The summed E-state index contributed by atoms with van der Waals surface area (Å²) in [5.74, 6) is 1.65. The lowest BCUT2D eigenvalue weighted by Crippen LogP contribution is -2.26. The van der Waals surface area contributed by atoms with Gasteiger partial charge in [0.05, 0.1) is 19.1 Å². The van der Waals surface area contributed by atoms with Crippen LogP contribution in [-0.2, 0) is 16.4 Å². The molecule has 0 aliphatic heterocycles. The summed E-state index contributed by atoms with van der Waals surface area (Å²) in [6.45, 7) is 4.34. The highest BCUT2D eigenvalue weighted by Gasteiger charge is 2.17. The maximum atomic E-state index is 12.5. The molecule has 0 amide bonds. The van der Waals surface area contributed by atoms with Gasteiger partial charge in [0, 0.05) is 6.54 Å². The fourth-order valence-corrected chi connectivity index (χ4v) is 3.60. The molecule has 5 nitrogen and oxygen atoms in total. The van der Waals surface area contributed by atoms with E-state index < -0.39 is 10.0 Å². The predicted molar refractivity (Wildman–Crippen MR) is 99.0 cm³/mol. The third-order valence-corrected chi connectivity index (χ3v) is 5.46. The number of hydrogen-bond donors (Lipinski definition) is 1. The normalized spacial score (nSPS) is 11.6. The molecule has 0 fully saturated rings. The van der Waals surface area contributed by atoms with E-state index in [-0.39, 0.29) is 10.8 Å². The molecule has 0 aliphatic rings. The minimum atomic E-state index is -3.55. The van der Waals surface area contributed by atoms with Crippen LogP contribution in [0.4, 0.5) is 0 Å². The van der Waals surface area contributed by atoms with Gasteiger partial charge in [0.2, 0.25) is 10.0 Å². The average molecular weight is 363 g/mol. The molecule has 0 heterocycles. The number of sulfonamides is 1. The lowest BCUT2D eigenvalue weighted by molar-refractivity contribution is 0.407. The van der Waals surface area contributed by atoms with Crippen LogP contribution >= 0.6 is 0 Å². The van der Waals surface area contributed by atoms with Gasteiger partial charge in [0.1, 0.15) is 11.5 Å². The molecule has 0 bridgehead atoms. The minimum absolute atomic E-state index is 0.171. The molecule has 0 aromatic heterocycles. The molecule has 0 aliphatic carbocycles. The van der Waals surface area contributed by atoms with E-state index in [9.17, 15) is 8.42 Å². The number of hydrogen-bond acceptors (Lipinski definition) is 4. The van der Waals surface area contributed by atoms with Gasteiger partial charge < -0.3 is 9.47 Å². The van der Waals surface area contributed by atoms with Crippen molar-refractivity contribution in [1.29, 1.82) is 0 Å². The fourth-order valence-electron chi connectivity index (χ4n) is 2.54. The summed E-state index contributed by atoms with van der Waals surface area (Å²) in [6.07, 6.45) is 0.608. The Kier molecular flexibility index (Phi) is 6.45. The molecule has 1 N–H and O–H groups in total. The summed E-state index contributed by atoms with van der Waals surface area (Å²) < 4.78 is 38.1. The molecule has 136 valence electrons. The second-order valence-electron chi connectivity index (χ2n) is 6.05. The van der Waals surface area contributed by atoms with Crippen molar-refractivity contribution in [3.8, 4) is 11.5 Å². The monoisotopic (exact) mass is 363 g/mol. The Balaban J connectivity index is 2.06. The molecule has 0 saturated carbocycles. The van der Waals surface area contributed by atoms with Crippen LogP contribution in [0.15, 0.2) is 47.4 Å². The lowest BCUT2D eigenvalue weighted by atomic mass is 10.0. The first-order chi connectivity index (χ1) is 11.9. The highest BCUT2D eigenvalue weighted by Crippen LogP contribution is 2.28. The second kappa shape index (κ2) is 8.36. The first-order valence-electron chi connectivity index (χ1n) is 8.18. The maximum absolute atomic E-state index is 12.5. The molecule has 0 saturated heterocycles. The predicted octanol–water partition coefficient (Wildman–Crippen LogP) is 3.35. The van der Waals surface area contributed by atoms with Gasteiger partial charge in [-0.1, -0.05) is 26.0 Å². The summed E-state index contributed by atoms with van der Waals surface area (Å²) in [4.78, 5) is 0.256. The SMILES string of the molecule is COc1ccc(CCNS(=O)(=O)c2ccc(OC)c(C(C)C)c2)cc1. The quantitative estimate of drug-likeness (QED) is 0.781. The van der Waals surface area contributed by atoms with Crippen molar-refractivity contribution < 1.29 is 17.9 Å². The largest absolute Gasteiger partial charge is 0.497 e. The molecule has 0 radical (unpaired) electrons. The molecule has 0 spiro atoms. The molecular formula is C19H25NO4S. The number of rotatable bonds is 8. The van der Waals surface area contributed by atoms with E-state index in [1.165, 1.54) is 0 Å². The van der Waals surface area contributed by atoms with Gasteiger partial charge in [-0.25, -0.2) is 13.1 Å². The van der Waals surface area contributed by atoms with Gasteiger partial charge in [-0.2, -0.15) is 0 Å². The topological polar surface area (TPSA) is 64.6 Å². The Morgan fingerprint density at radius 1 is 1.00 bits per heavy atom. The smallest absolute Gasteiger partial charge is 0.240 e. The number of methoxy groups -OCH3 is 2. The van der Waals surface area contributed by atoms with E-state index in [0.29, 0.717) is 18.7 Å². The van der Waals surface area contributed by atoms with Crippen molar-refractivity contribution in [3.05, 3.63) is 53.6 Å². The van der Waals surface area contributed by atoms with Crippen molar-refractivity contribution in [1.82, 2.24) is 4.72 Å². The molecule has 2 rings (SSSR count). The first kappa shape index (κ1) is 19.3. The highest BCUT2D eigenvalue weighted by molar-refractivity contribution is 7.89. The van der Waals surface area contributed by atoms with Crippen LogP contribution in [0.5, 0.6) is 11.5 Å². The molecule has 2 aromatic carbocycles. The zero-order valence-electron chi connectivity index (χ0n) is 15.1. The van der Waals surface area contributed by atoms with Crippen molar-refractivity contribution in [2.24, 2.45) is 0 Å². The zero-order chi connectivity index (χ0) is 18.4. The van der Waals surface area contributed by atoms with E-state index in [1.807, 2.05) is 38.1 Å². The fraction of sp³-hybridized carbons (Fsp3) is 0.368. The summed E-state index contributed by atoms with van der Waals surface area (Å²) in [5, 5.41) is 0. The van der Waals surface area contributed by atoms with Crippen LogP contribution in [0.3, 0.4) is 0 Å². The van der Waals surface area contributed by atoms with E-state index in [2.05, 4.69) is 4.72 Å². The third-order valence-electron chi connectivity index (χ3n) is 4.00. The van der Waals surface area contributed by atoms with Crippen LogP contribution in [0.2, 0.25) is 0 Å². The minimum Gasteiger partial charge on any atom is -0.497 e. The van der Waals surface area contributed by atoms with E-state index in [1.54, 1.807) is 32.4 Å². The molecule has 0 atom stereocenters. The van der Waals surface area contributed by atoms with Crippen LogP contribution in [-0.4, -0.2) is 29.2 Å². The summed E-state index contributed by atoms with van der Waals surface area (Å²) in [5.41, 5.74) is 1.92. The van der Waals surface area contributed by atoms with Gasteiger partial charge in [-0.05, 0) is 53.8 Å². The molecule has 6 heteroatoms. The van der Waals surface area contributed by atoms with E-state index in [4.69, 9.17) is 9.47 Å². The third kappa shape index (κ3) is 4.96. The second-order valence-corrected chi connectivity index (χ2v) is 7.82. The molecule has 0 unspecified atom stereocenters. The zero-order valence-corrected chi connectivity index (χ0v) is 15.9. The van der Waals surface area contributed by atoms with E-state index in [0.717, 1.165) is 16.9 Å². The van der Waals surface area contributed by atoms with E-state index >= 15 is 0 Å². The van der Waals surface area contributed by atoms with Crippen LogP contribution in [0, 0.1) is 0 Å². The molecule has 2 aromatic rings. The number of nitrogens with one attached hydrogen (secondary N) is 1. The Morgan fingerprint density at radius 2 is 1.68 bits per heavy atom. The Morgan fingerprint density at radius 3 is 2.24 bits per heavy atom. The number of ether oxygens (including phenoxy) is 2. The number of benzene rings is 2. The van der Waals surface area contributed by atoms with Gasteiger partial charge in [0.25, 0.3) is 0 Å². The first-order valence-corrected chi connectivity index (χ1v) is 9.66. The molecule has 25 heavy (non-hydrogen) atoms. The van der Waals surface area contributed by atoms with Crippen LogP contribution in [0.25, 0.3) is 0 Å². The summed E-state index contributed by atoms with van der Waals surface area (Å²) in [7, 11) is -0.354. The van der Waals surface area contributed by atoms with Gasteiger partial charge in [-0.3, -0.25) is 0 Å². The van der Waals surface area contributed by atoms with Crippen molar-refractivity contribution >= 4 is 10.0 Å². The van der Waals surface area contributed by atoms with Crippen molar-refractivity contribution in [3.63, 3.8) is 0 Å². The van der Waals surface area contributed by atoms with Crippen LogP contribution < -0.4 is 14.2 Å². The highest BCUT2D eigenvalue weighted by atomic mass is 32.2. The maximum Gasteiger partial charge on any atom is 0.240 e. The standard InChI is InChI=1S/C19H25NO4S/c1-14(2)18-13-17(9-10-19(18)24-4)25(21,22)20-12-11-15-5-7-16(23-3)8-6-15/h5-10,13-14,20H,11-12H2,1-4H3. The Bertz CT molecular complexity index is 799. The van der Waals surface area contributed by atoms with Gasteiger partial charge in [-0.15, -0.1) is 0 Å². The molecular weight excluding hydrogens is 338 g/mol. The lowest BCUT2D eigenvalue weighted by Gasteiger charge is -2.14. The average Bonchev–Trinajstić information content (AvgIpc) is 2.61. The van der Waals surface area contributed by atoms with Crippen molar-refractivity contribution in [2.75, 3.05) is 20.8 Å². The Labute approximate surface area is 150 Å². The van der Waals surface area contributed by atoms with Gasteiger partial charge in [0.15, 0.2) is 0 Å². The summed E-state index contributed by atoms with van der Waals surface area (Å²) in [6, 6.07) is 12.5. The van der Waals surface area contributed by atoms with Crippen LogP contribution in [0.1, 0.15) is 30.9 Å². The summed E-state index contributed by atoms with van der Waals surface area (Å²) >= 11 is 0. The van der Waals surface area contributed by atoms with Crippen molar-refractivity contribution in [2.45, 2.75) is 31.1 Å². The van der Waals surface area contributed by atoms with Gasteiger partial charge >= 0.3 is 0 Å².